The van der Waals surface area contributed by atoms with Gasteiger partial charge < -0.3 is 10.2 Å². The Morgan fingerprint density at radius 2 is 1.93 bits per heavy atom. The van der Waals surface area contributed by atoms with Crippen LogP contribution >= 0.6 is 23.1 Å². The number of nitrogens with zero attached hydrogens (tertiary/aromatic N) is 2. The minimum atomic E-state index is -0.448. The molecule has 0 bridgehead atoms. The minimum Gasteiger partial charge on any atom is -0.350 e. The summed E-state index contributed by atoms with van der Waals surface area (Å²) in [6, 6.07) is 18.1. The Kier molecular flexibility index (Phi) is 7.03. The molecule has 0 aliphatic heterocycles. The van der Waals surface area contributed by atoms with Gasteiger partial charge in [-0.2, -0.15) is 0 Å². The third-order valence-corrected chi connectivity index (χ3v) is 6.39. The number of carbonyl (C=O) groups excluding carboxylic acids is 1. The molecule has 1 aromatic heterocycles. The first-order valence-corrected chi connectivity index (χ1v) is 10.6. The molecule has 1 heterocycles. The number of amides is 1. The number of hydrogen-bond donors (Lipinski definition) is 1. The summed E-state index contributed by atoms with van der Waals surface area (Å²) in [6.07, 6.45) is 0. The van der Waals surface area contributed by atoms with Crippen molar-refractivity contribution in [1.82, 2.24) is 10.2 Å². The molecule has 3 rings (SSSR count). The average Bonchev–Trinajstić information content (AvgIpc) is 3.23. The summed E-state index contributed by atoms with van der Waals surface area (Å²) in [5.74, 6) is -0.326. The molecule has 150 valence electrons. The van der Waals surface area contributed by atoms with Crippen molar-refractivity contribution in [1.29, 1.82) is 0 Å². The Balaban J connectivity index is 1.75. The Hall–Kier alpha value is -2.68. The van der Waals surface area contributed by atoms with Crippen molar-refractivity contribution in [2.45, 2.75) is 15.8 Å². The van der Waals surface area contributed by atoms with E-state index in [4.69, 9.17) is 0 Å². The smallest absolute Gasteiger partial charge is 0.284 e. The fraction of sp³-hybridized carbons (Fsp3) is 0.190. The summed E-state index contributed by atoms with van der Waals surface area (Å²) >= 11 is 2.94. The molecule has 1 atom stereocenters. The van der Waals surface area contributed by atoms with Crippen LogP contribution in [0.2, 0.25) is 0 Å². The summed E-state index contributed by atoms with van der Waals surface area (Å²) in [6.45, 7) is 0.417. The minimum absolute atomic E-state index is 0.0434. The second-order valence-corrected chi connectivity index (χ2v) is 8.65. The number of nitro benzene ring substituents is 1. The first-order chi connectivity index (χ1) is 14.0. The highest BCUT2D eigenvalue weighted by Crippen LogP contribution is 2.35. The highest BCUT2D eigenvalue weighted by molar-refractivity contribution is 7.99. The van der Waals surface area contributed by atoms with E-state index < -0.39 is 4.92 Å². The second-order valence-electron chi connectivity index (χ2n) is 6.56. The fourth-order valence-corrected chi connectivity index (χ4v) is 4.66. The average molecular weight is 428 g/mol. The SMILES string of the molecule is CN(C)[C@H](CNC(=O)c1ccc(Sc2ccccc2)c([N+](=O)[O-])c1)c1cccs1. The third-order valence-electron chi connectivity index (χ3n) is 4.34. The number of rotatable bonds is 8. The molecule has 29 heavy (non-hydrogen) atoms. The van der Waals surface area contributed by atoms with Gasteiger partial charge in [-0.05, 0) is 49.8 Å². The molecule has 0 aliphatic carbocycles. The van der Waals surface area contributed by atoms with Crippen LogP contribution in [0, 0.1) is 10.1 Å². The van der Waals surface area contributed by atoms with Crippen molar-refractivity contribution in [3.8, 4) is 0 Å². The molecule has 1 N–H and O–H groups in total. The van der Waals surface area contributed by atoms with E-state index in [2.05, 4.69) is 5.32 Å². The van der Waals surface area contributed by atoms with Crippen molar-refractivity contribution < 1.29 is 9.72 Å². The fourth-order valence-electron chi connectivity index (χ4n) is 2.81. The number of carbonyl (C=O) groups is 1. The molecule has 6 nitrogen and oxygen atoms in total. The maximum Gasteiger partial charge on any atom is 0.284 e. The molecule has 2 aromatic carbocycles. The number of nitro groups is 1. The van der Waals surface area contributed by atoms with E-state index in [0.29, 0.717) is 11.4 Å². The van der Waals surface area contributed by atoms with Crippen molar-refractivity contribution in [2.24, 2.45) is 0 Å². The molecule has 0 saturated heterocycles. The third kappa shape index (κ3) is 5.44. The van der Waals surface area contributed by atoms with Crippen LogP contribution in [-0.2, 0) is 0 Å². The van der Waals surface area contributed by atoms with Crippen molar-refractivity contribution in [2.75, 3.05) is 20.6 Å². The zero-order valence-electron chi connectivity index (χ0n) is 16.1. The number of nitrogens with one attached hydrogen (secondary N) is 1. The van der Waals surface area contributed by atoms with Gasteiger partial charge in [-0.1, -0.05) is 36.0 Å². The maximum absolute atomic E-state index is 12.6. The summed E-state index contributed by atoms with van der Waals surface area (Å²) < 4.78 is 0. The number of likely N-dealkylation sites (N-methyl/N-ethyl adjacent to an activating group) is 1. The van der Waals surface area contributed by atoms with Gasteiger partial charge in [0.25, 0.3) is 11.6 Å². The van der Waals surface area contributed by atoms with Crippen LogP contribution in [0.1, 0.15) is 21.3 Å². The predicted octanol–water partition coefficient (Wildman–Crippen LogP) is 4.84. The van der Waals surface area contributed by atoms with Crippen LogP contribution in [0.3, 0.4) is 0 Å². The van der Waals surface area contributed by atoms with E-state index in [0.717, 1.165) is 9.77 Å². The van der Waals surface area contributed by atoms with Crippen LogP contribution < -0.4 is 5.32 Å². The van der Waals surface area contributed by atoms with Crippen LogP contribution in [0.4, 0.5) is 5.69 Å². The van der Waals surface area contributed by atoms with Gasteiger partial charge in [0.15, 0.2) is 0 Å². The Bertz CT molecular complexity index is 976. The molecule has 0 saturated carbocycles. The largest absolute Gasteiger partial charge is 0.350 e. The lowest BCUT2D eigenvalue weighted by atomic mass is 10.1. The lowest BCUT2D eigenvalue weighted by Gasteiger charge is -2.23. The zero-order chi connectivity index (χ0) is 20.8. The van der Waals surface area contributed by atoms with E-state index >= 15 is 0 Å². The van der Waals surface area contributed by atoms with Crippen molar-refractivity contribution >= 4 is 34.7 Å². The Morgan fingerprint density at radius 1 is 1.17 bits per heavy atom. The molecular formula is C21H21N3O3S2. The summed E-state index contributed by atoms with van der Waals surface area (Å²) in [5, 5.41) is 16.5. The topological polar surface area (TPSA) is 75.5 Å². The first-order valence-electron chi connectivity index (χ1n) is 8.95. The van der Waals surface area contributed by atoms with E-state index in [1.54, 1.807) is 23.5 Å². The van der Waals surface area contributed by atoms with Gasteiger partial charge >= 0.3 is 0 Å². The molecule has 0 spiro atoms. The zero-order valence-corrected chi connectivity index (χ0v) is 17.7. The molecule has 0 fully saturated rings. The van der Waals surface area contributed by atoms with Crippen LogP contribution in [0.25, 0.3) is 0 Å². The number of benzene rings is 2. The maximum atomic E-state index is 12.6. The molecule has 0 unspecified atom stereocenters. The van der Waals surface area contributed by atoms with E-state index in [9.17, 15) is 14.9 Å². The lowest BCUT2D eigenvalue weighted by molar-refractivity contribution is -0.387. The summed E-state index contributed by atoms with van der Waals surface area (Å²) in [7, 11) is 3.91. The number of thiophene rings is 1. The first kappa shape index (κ1) is 21.0. The van der Waals surface area contributed by atoms with Gasteiger partial charge in [-0.3, -0.25) is 14.9 Å². The summed E-state index contributed by atoms with van der Waals surface area (Å²) in [5.41, 5.74) is 0.201. The van der Waals surface area contributed by atoms with Crippen molar-refractivity contribution in [3.63, 3.8) is 0 Å². The normalized spacial score (nSPS) is 12.0. The standard InChI is InChI=1S/C21H21N3O3S2/c1-23(2)18(19-9-6-12-28-19)14-22-21(25)15-10-11-20(17(13-15)24(26)27)29-16-7-4-3-5-8-16/h3-13,18H,14H2,1-2H3,(H,22,25)/t18-/m1/s1. The Labute approximate surface area is 177 Å². The lowest BCUT2D eigenvalue weighted by Crippen LogP contribution is -2.34. The van der Waals surface area contributed by atoms with E-state index in [1.165, 1.54) is 17.8 Å². The highest BCUT2D eigenvalue weighted by Gasteiger charge is 2.20. The van der Waals surface area contributed by atoms with Crippen LogP contribution in [0.5, 0.6) is 0 Å². The predicted molar refractivity (Wildman–Crippen MR) is 117 cm³/mol. The highest BCUT2D eigenvalue weighted by atomic mass is 32.2. The molecule has 8 heteroatoms. The molecule has 1 amide bonds. The van der Waals surface area contributed by atoms with Crippen LogP contribution in [0.15, 0.2) is 75.8 Å². The van der Waals surface area contributed by atoms with Crippen LogP contribution in [-0.4, -0.2) is 36.4 Å². The van der Waals surface area contributed by atoms with E-state index in [-0.39, 0.29) is 23.2 Å². The number of hydrogen-bond acceptors (Lipinski definition) is 6. The summed E-state index contributed by atoms with van der Waals surface area (Å²) in [4.78, 5) is 28.3. The quantitative estimate of drug-likeness (QED) is 0.411. The van der Waals surface area contributed by atoms with Gasteiger partial charge in [-0.15, -0.1) is 11.3 Å². The van der Waals surface area contributed by atoms with Crippen molar-refractivity contribution in [3.05, 3.63) is 86.6 Å². The van der Waals surface area contributed by atoms with Gasteiger partial charge in [0.2, 0.25) is 0 Å². The van der Waals surface area contributed by atoms with Gasteiger partial charge in [0, 0.05) is 27.9 Å². The molecule has 0 radical (unpaired) electrons. The van der Waals surface area contributed by atoms with Gasteiger partial charge in [-0.25, -0.2) is 0 Å². The monoisotopic (exact) mass is 427 g/mol. The van der Waals surface area contributed by atoms with Gasteiger partial charge in [0.05, 0.1) is 15.9 Å². The Morgan fingerprint density at radius 3 is 2.55 bits per heavy atom. The second kappa shape index (κ2) is 9.69. The van der Waals surface area contributed by atoms with E-state index in [1.807, 2.05) is 66.8 Å². The molecule has 0 aliphatic rings. The molecule has 3 aromatic rings. The molecular weight excluding hydrogens is 406 g/mol. The van der Waals surface area contributed by atoms with Gasteiger partial charge in [0.1, 0.15) is 0 Å².